The molecule has 1 aromatic heterocycles. The van der Waals surface area contributed by atoms with Gasteiger partial charge in [-0.05, 0) is 13.3 Å². The molecule has 0 saturated carbocycles. The van der Waals surface area contributed by atoms with Gasteiger partial charge in [0.05, 0.1) is 6.33 Å². The molecule has 0 aliphatic heterocycles. The Balaban J connectivity index is 0.000000424. The zero-order valence-electron chi connectivity index (χ0n) is 8.74. The van der Waals surface area contributed by atoms with Gasteiger partial charge in [-0.15, -0.1) is 6.58 Å². The third-order valence-electron chi connectivity index (χ3n) is 1.58. The molecule has 2 heteroatoms. The molecule has 0 unspecified atom stereocenters. The summed E-state index contributed by atoms with van der Waals surface area (Å²) >= 11 is 0. The van der Waals surface area contributed by atoms with Crippen LogP contribution >= 0.6 is 0 Å². The molecule has 1 heterocycles. The zero-order valence-corrected chi connectivity index (χ0v) is 8.74. The largest absolute Gasteiger partial charge is 0.337 e. The lowest BCUT2D eigenvalue weighted by Gasteiger charge is -1.98. The average molecular weight is 180 g/mol. The molecule has 0 aliphatic rings. The van der Waals surface area contributed by atoms with Crippen LogP contribution < -0.4 is 0 Å². The highest BCUT2D eigenvalue weighted by Gasteiger charge is 1.87. The Morgan fingerprint density at radius 2 is 2.15 bits per heavy atom. The van der Waals surface area contributed by atoms with Crippen LogP contribution in [0.3, 0.4) is 0 Å². The summed E-state index contributed by atoms with van der Waals surface area (Å²) in [5.41, 5.74) is 0. The summed E-state index contributed by atoms with van der Waals surface area (Å²) in [4.78, 5) is 3.96. The van der Waals surface area contributed by atoms with E-state index in [0.717, 1.165) is 6.54 Å². The van der Waals surface area contributed by atoms with Crippen molar-refractivity contribution in [3.05, 3.63) is 31.4 Å². The van der Waals surface area contributed by atoms with Crippen LogP contribution in [0.4, 0.5) is 0 Å². The second-order valence-electron chi connectivity index (χ2n) is 2.92. The van der Waals surface area contributed by atoms with Crippen molar-refractivity contribution in [2.45, 2.75) is 39.7 Å². The van der Waals surface area contributed by atoms with E-state index in [-0.39, 0.29) is 0 Å². The Labute approximate surface area is 81.3 Å². The van der Waals surface area contributed by atoms with E-state index in [0.29, 0.717) is 0 Å². The second-order valence-corrected chi connectivity index (χ2v) is 2.92. The first kappa shape index (κ1) is 11.9. The van der Waals surface area contributed by atoms with Crippen molar-refractivity contribution >= 4 is 0 Å². The average Bonchev–Trinajstić information content (AvgIpc) is 2.59. The van der Waals surface area contributed by atoms with Crippen LogP contribution in [-0.2, 0) is 6.54 Å². The Kier molecular flexibility index (Phi) is 8.31. The SMILES string of the molecule is C=CC.CCCCCn1ccnc1. The van der Waals surface area contributed by atoms with E-state index in [1.165, 1.54) is 19.3 Å². The maximum Gasteiger partial charge on any atom is 0.0945 e. The molecule has 2 nitrogen and oxygen atoms in total. The molecule has 0 saturated heterocycles. The number of nitrogens with zero attached hydrogens (tertiary/aromatic N) is 2. The van der Waals surface area contributed by atoms with Gasteiger partial charge in [-0.25, -0.2) is 4.98 Å². The number of rotatable bonds is 4. The summed E-state index contributed by atoms with van der Waals surface area (Å²) in [6.07, 6.45) is 11.3. The molecule has 0 bridgehead atoms. The van der Waals surface area contributed by atoms with E-state index in [1.54, 1.807) is 6.08 Å². The molecule has 74 valence electrons. The first-order valence-electron chi connectivity index (χ1n) is 4.88. The number of aromatic nitrogens is 2. The topological polar surface area (TPSA) is 17.8 Å². The summed E-state index contributed by atoms with van der Waals surface area (Å²) in [7, 11) is 0. The normalized spacial score (nSPS) is 8.77. The minimum atomic E-state index is 1.12. The Hall–Kier alpha value is -1.05. The van der Waals surface area contributed by atoms with Crippen molar-refractivity contribution in [2.75, 3.05) is 0 Å². The molecule has 0 aliphatic carbocycles. The molecular formula is C11H20N2. The summed E-state index contributed by atoms with van der Waals surface area (Å²) in [5.74, 6) is 0. The third-order valence-corrected chi connectivity index (χ3v) is 1.58. The molecule has 0 radical (unpaired) electrons. The Bertz CT molecular complexity index is 190. The molecule has 13 heavy (non-hydrogen) atoms. The minimum absolute atomic E-state index is 1.12. The summed E-state index contributed by atoms with van der Waals surface area (Å²) in [5, 5.41) is 0. The number of hydrogen-bond donors (Lipinski definition) is 0. The number of allylic oxidation sites excluding steroid dienone is 1. The first-order valence-corrected chi connectivity index (χ1v) is 4.88. The fraction of sp³-hybridized carbons (Fsp3) is 0.545. The molecule has 0 N–H and O–H groups in total. The zero-order chi connectivity index (χ0) is 9.94. The van der Waals surface area contributed by atoms with Gasteiger partial charge in [-0.1, -0.05) is 25.8 Å². The summed E-state index contributed by atoms with van der Waals surface area (Å²) < 4.78 is 2.12. The first-order chi connectivity index (χ1) is 6.35. The van der Waals surface area contributed by atoms with Crippen molar-refractivity contribution in [1.29, 1.82) is 0 Å². The van der Waals surface area contributed by atoms with Gasteiger partial charge in [0.1, 0.15) is 0 Å². The lowest BCUT2D eigenvalue weighted by molar-refractivity contribution is 0.602. The predicted octanol–water partition coefficient (Wildman–Crippen LogP) is 3.27. The Morgan fingerprint density at radius 3 is 2.62 bits per heavy atom. The van der Waals surface area contributed by atoms with Crippen molar-refractivity contribution in [3.8, 4) is 0 Å². The van der Waals surface area contributed by atoms with Crippen molar-refractivity contribution < 1.29 is 0 Å². The molecule has 1 aromatic rings. The van der Waals surface area contributed by atoms with Gasteiger partial charge < -0.3 is 4.57 Å². The van der Waals surface area contributed by atoms with Crippen LogP contribution in [0.5, 0.6) is 0 Å². The van der Waals surface area contributed by atoms with E-state index in [4.69, 9.17) is 0 Å². The van der Waals surface area contributed by atoms with Gasteiger partial charge in [-0.3, -0.25) is 0 Å². The highest BCUT2D eigenvalue weighted by atomic mass is 15.0. The summed E-state index contributed by atoms with van der Waals surface area (Å²) in [6.45, 7) is 8.59. The quantitative estimate of drug-likeness (QED) is 0.513. The molecule has 1 rings (SSSR count). The van der Waals surface area contributed by atoms with Crippen LogP contribution in [0.15, 0.2) is 31.4 Å². The van der Waals surface area contributed by atoms with Crippen molar-refractivity contribution in [2.24, 2.45) is 0 Å². The second kappa shape index (κ2) is 9.04. The van der Waals surface area contributed by atoms with Gasteiger partial charge in [0.15, 0.2) is 0 Å². The molecule has 0 amide bonds. The van der Waals surface area contributed by atoms with Crippen LogP contribution in [-0.4, -0.2) is 9.55 Å². The molecule has 0 fully saturated rings. The fourth-order valence-electron chi connectivity index (χ4n) is 0.963. The van der Waals surface area contributed by atoms with E-state index >= 15 is 0 Å². The lowest BCUT2D eigenvalue weighted by atomic mass is 10.2. The van der Waals surface area contributed by atoms with Crippen LogP contribution in [0.25, 0.3) is 0 Å². The maximum atomic E-state index is 3.96. The van der Waals surface area contributed by atoms with E-state index < -0.39 is 0 Å². The summed E-state index contributed by atoms with van der Waals surface area (Å²) in [6, 6.07) is 0. The monoisotopic (exact) mass is 180 g/mol. The molecule has 0 atom stereocenters. The van der Waals surface area contributed by atoms with Crippen LogP contribution in [0.2, 0.25) is 0 Å². The van der Waals surface area contributed by atoms with Gasteiger partial charge >= 0.3 is 0 Å². The number of imidazole rings is 1. The highest BCUT2D eigenvalue weighted by molar-refractivity contribution is 4.73. The van der Waals surface area contributed by atoms with Gasteiger partial charge in [0.2, 0.25) is 0 Å². The highest BCUT2D eigenvalue weighted by Crippen LogP contribution is 1.97. The standard InChI is InChI=1S/C8H14N2.C3H6/c1-2-3-4-6-10-7-5-9-8-10;1-3-2/h5,7-8H,2-4,6H2,1H3;3H,1H2,2H3. The third kappa shape index (κ3) is 7.32. The lowest BCUT2D eigenvalue weighted by Crippen LogP contribution is -1.92. The molecule has 0 spiro atoms. The van der Waals surface area contributed by atoms with Crippen LogP contribution in [0.1, 0.15) is 33.1 Å². The van der Waals surface area contributed by atoms with Gasteiger partial charge in [0, 0.05) is 18.9 Å². The van der Waals surface area contributed by atoms with Gasteiger partial charge in [0.25, 0.3) is 0 Å². The predicted molar refractivity (Wildman–Crippen MR) is 57.6 cm³/mol. The van der Waals surface area contributed by atoms with Gasteiger partial charge in [-0.2, -0.15) is 0 Å². The van der Waals surface area contributed by atoms with Crippen molar-refractivity contribution in [1.82, 2.24) is 9.55 Å². The maximum absolute atomic E-state index is 3.96. The number of hydrogen-bond acceptors (Lipinski definition) is 1. The van der Waals surface area contributed by atoms with E-state index in [9.17, 15) is 0 Å². The number of unbranched alkanes of at least 4 members (excludes halogenated alkanes) is 2. The molecule has 0 aromatic carbocycles. The number of aryl methyl sites for hydroxylation is 1. The Morgan fingerprint density at radius 1 is 1.46 bits per heavy atom. The molecular weight excluding hydrogens is 160 g/mol. The fourth-order valence-corrected chi connectivity index (χ4v) is 0.963. The van der Waals surface area contributed by atoms with Crippen molar-refractivity contribution in [3.63, 3.8) is 0 Å². The van der Waals surface area contributed by atoms with E-state index in [2.05, 4.69) is 23.1 Å². The van der Waals surface area contributed by atoms with Crippen LogP contribution in [0, 0.1) is 0 Å². The van der Waals surface area contributed by atoms with E-state index in [1.807, 2.05) is 25.6 Å². The smallest absolute Gasteiger partial charge is 0.0945 e. The minimum Gasteiger partial charge on any atom is -0.337 e.